The van der Waals surface area contributed by atoms with Crippen LogP contribution in [-0.4, -0.2) is 24.3 Å². The van der Waals surface area contributed by atoms with Crippen molar-refractivity contribution < 1.29 is 14.3 Å². The Kier molecular flexibility index (Phi) is 3.33. The Morgan fingerprint density at radius 1 is 1.50 bits per heavy atom. The Morgan fingerprint density at radius 2 is 2.25 bits per heavy atom. The summed E-state index contributed by atoms with van der Waals surface area (Å²) in [5.41, 5.74) is 0.957. The Balaban J connectivity index is 1.94. The highest BCUT2D eigenvalue weighted by atomic mass is 16.6. The van der Waals surface area contributed by atoms with E-state index in [9.17, 15) is 4.79 Å². The molecule has 2 fully saturated rings. The molecule has 0 aromatic carbocycles. The van der Waals surface area contributed by atoms with Gasteiger partial charge in [-0.25, -0.2) is 0 Å². The van der Waals surface area contributed by atoms with Crippen molar-refractivity contribution >= 4 is 5.97 Å². The molecule has 16 heavy (non-hydrogen) atoms. The molecule has 0 aromatic heterocycles. The number of hydrogen-bond donors (Lipinski definition) is 0. The van der Waals surface area contributed by atoms with E-state index in [2.05, 4.69) is 20.4 Å². The van der Waals surface area contributed by atoms with Gasteiger partial charge in [0.15, 0.2) is 6.10 Å². The summed E-state index contributed by atoms with van der Waals surface area (Å²) < 4.78 is 11.2. The van der Waals surface area contributed by atoms with Crippen molar-refractivity contribution in [3.63, 3.8) is 0 Å². The molecule has 0 bridgehead atoms. The van der Waals surface area contributed by atoms with E-state index in [0.717, 1.165) is 24.8 Å². The number of rotatable bonds is 3. The summed E-state index contributed by atoms with van der Waals surface area (Å²) in [6.07, 6.45) is 3.33. The van der Waals surface area contributed by atoms with E-state index in [1.165, 1.54) is 0 Å². The van der Waals surface area contributed by atoms with Crippen LogP contribution in [0.5, 0.6) is 0 Å². The van der Waals surface area contributed by atoms with Crippen molar-refractivity contribution in [3.05, 3.63) is 12.2 Å². The van der Waals surface area contributed by atoms with Crippen molar-refractivity contribution in [2.45, 2.75) is 57.8 Å². The fourth-order valence-corrected chi connectivity index (χ4v) is 2.36. The van der Waals surface area contributed by atoms with E-state index < -0.39 is 0 Å². The van der Waals surface area contributed by atoms with Crippen molar-refractivity contribution in [1.29, 1.82) is 0 Å². The molecule has 0 amide bonds. The van der Waals surface area contributed by atoms with Gasteiger partial charge in [0.2, 0.25) is 0 Å². The number of esters is 1. The van der Waals surface area contributed by atoms with Crippen molar-refractivity contribution in [3.8, 4) is 0 Å². The zero-order valence-electron chi connectivity index (χ0n) is 10.1. The smallest absolute Gasteiger partial charge is 0.306 e. The summed E-state index contributed by atoms with van der Waals surface area (Å²) in [6.45, 7) is 8.43. The molecule has 3 heteroatoms. The third-order valence-corrected chi connectivity index (χ3v) is 3.35. The van der Waals surface area contributed by atoms with E-state index in [0.29, 0.717) is 12.3 Å². The molecular formula is C13H20O3. The fraction of sp³-hybridized carbons (Fsp3) is 0.769. The Bertz CT molecular complexity index is 296. The van der Waals surface area contributed by atoms with E-state index >= 15 is 0 Å². The summed E-state index contributed by atoms with van der Waals surface area (Å²) in [6, 6.07) is 0. The zero-order chi connectivity index (χ0) is 11.7. The number of fused-ring (bicyclic) bond motifs is 1. The second-order valence-corrected chi connectivity index (χ2v) is 5.16. The van der Waals surface area contributed by atoms with E-state index in [4.69, 9.17) is 9.47 Å². The third-order valence-electron chi connectivity index (χ3n) is 3.35. The number of carbonyl (C=O) groups excluding carboxylic acids is 1. The van der Waals surface area contributed by atoms with Gasteiger partial charge in [0.25, 0.3) is 0 Å². The van der Waals surface area contributed by atoms with E-state index in [-0.39, 0.29) is 24.3 Å². The lowest BCUT2D eigenvalue weighted by Crippen LogP contribution is -2.33. The molecule has 2 aliphatic heterocycles. The highest BCUT2D eigenvalue weighted by molar-refractivity contribution is 5.71. The Hall–Kier alpha value is -0.830. The van der Waals surface area contributed by atoms with Gasteiger partial charge >= 0.3 is 5.97 Å². The molecule has 2 rings (SSSR count). The maximum atomic E-state index is 11.2. The molecule has 2 heterocycles. The maximum absolute atomic E-state index is 11.2. The second kappa shape index (κ2) is 4.58. The minimum Gasteiger partial charge on any atom is -0.455 e. The molecule has 1 unspecified atom stereocenters. The van der Waals surface area contributed by atoms with Gasteiger partial charge in [0.1, 0.15) is 0 Å². The van der Waals surface area contributed by atoms with Gasteiger partial charge in [-0.05, 0) is 30.8 Å². The predicted molar refractivity (Wildman–Crippen MR) is 61.0 cm³/mol. The molecule has 0 aliphatic carbocycles. The van der Waals surface area contributed by atoms with Crippen LogP contribution in [-0.2, 0) is 14.3 Å². The first-order chi connectivity index (χ1) is 7.58. The molecule has 2 aliphatic rings. The molecule has 0 aromatic rings. The first kappa shape index (κ1) is 11.6. The van der Waals surface area contributed by atoms with Gasteiger partial charge in [0.05, 0.1) is 12.2 Å². The predicted octanol–water partition coefficient (Wildman–Crippen LogP) is 2.45. The quantitative estimate of drug-likeness (QED) is 0.545. The van der Waals surface area contributed by atoms with Gasteiger partial charge in [0, 0.05) is 6.42 Å². The molecule has 0 saturated carbocycles. The van der Waals surface area contributed by atoms with Crippen LogP contribution in [0.3, 0.4) is 0 Å². The summed E-state index contributed by atoms with van der Waals surface area (Å²) in [5, 5.41) is 0. The summed E-state index contributed by atoms with van der Waals surface area (Å²) in [7, 11) is 0. The van der Waals surface area contributed by atoms with E-state index in [1.807, 2.05) is 0 Å². The lowest BCUT2D eigenvalue weighted by Gasteiger charge is -2.23. The minimum atomic E-state index is -0.182. The van der Waals surface area contributed by atoms with Crippen molar-refractivity contribution in [1.82, 2.24) is 0 Å². The maximum Gasteiger partial charge on any atom is 0.306 e. The number of carbonyl (C=O) groups is 1. The average molecular weight is 224 g/mol. The highest BCUT2D eigenvalue weighted by Gasteiger charge is 2.43. The highest BCUT2D eigenvalue weighted by Crippen LogP contribution is 2.35. The summed E-state index contributed by atoms with van der Waals surface area (Å²) >= 11 is 0. The normalized spacial score (nSPS) is 34.1. The Labute approximate surface area is 96.8 Å². The summed E-state index contributed by atoms with van der Waals surface area (Å²) in [4.78, 5) is 11.2. The molecular weight excluding hydrogens is 204 g/mol. The lowest BCUT2D eigenvalue weighted by molar-refractivity contribution is -0.158. The zero-order valence-corrected chi connectivity index (χ0v) is 10.1. The third kappa shape index (κ3) is 2.29. The van der Waals surface area contributed by atoms with Crippen molar-refractivity contribution in [2.24, 2.45) is 5.92 Å². The van der Waals surface area contributed by atoms with Crippen LogP contribution >= 0.6 is 0 Å². The summed E-state index contributed by atoms with van der Waals surface area (Å²) in [5.74, 6) is 0.553. The van der Waals surface area contributed by atoms with Crippen LogP contribution in [0.15, 0.2) is 12.2 Å². The monoisotopic (exact) mass is 224 g/mol. The number of ether oxygens (including phenoxy) is 2. The minimum absolute atomic E-state index is 0.0577. The Morgan fingerprint density at radius 3 is 2.94 bits per heavy atom. The van der Waals surface area contributed by atoms with Crippen LogP contribution in [0.1, 0.15) is 39.5 Å². The molecule has 3 atom stereocenters. The average Bonchev–Trinajstić information content (AvgIpc) is 2.53. The van der Waals surface area contributed by atoms with Crippen LogP contribution in [0, 0.1) is 5.92 Å². The van der Waals surface area contributed by atoms with Gasteiger partial charge in [-0.2, -0.15) is 0 Å². The molecule has 0 radical (unpaired) electrons. The first-order valence-corrected chi connectivity index (χ1v) is 6.11. The molecule has 0 N–H and O–H groups in total. The first-order valence-electron chi connectivity index (χ1n) is 6.11. The van der Waals surface area contributed by atoms with Gasteiger partial charge in [-0.1, -0.05) is 20.4 Å². The van der Waals surface area contributed by atoms with Gasteiger partial charge in [-0.3, -0.25) is 4.79 Å². The largest absolute Gasteiger partial charge is 0.455 e. The van der Waals surface area contributed by atoms with Crippen LogP contribution < -0.4 is 0 Å². The standard InChI is InChI=1S/C13H20O3/c1-8(2)4-5-10-9(3)13-11(15-10)6-7-12(14)16-13/h8,10-11,13H,3-7H2,1-2H3/t10-,11?,13-/m0/s1. The lowest BCUT2D eigenvalue weighted by atomic mass is 9.96. The molecule has 0 spiro atoms. The molecule has 3 nitrogen and oxygen atoms in total. The molecule has 90 valence electrons. The fourth-order valence-electron chi connectivity index (χ4n) is 2.36. The van der Waals surface area contributed by atoms with Gasteiger partial charge < -0.3 is 9.47 Å². The number of hydrogen-bond acceptors (Lipinski definition) is 3. The SMILES string of the molecule is C=C1[C@H](CCC(C)C)OC2CCC(=O)O[C@@H]12. The van der Waals surface area contributed by atoms with Crippen LogP contribution in [0.4, 0.5) is 0 Å². The second-order valence-electron chi connectivity index (χ2n) is 5.16. The van der Waals surface area contributed by atoms with Crippen molar-refractivity contribution in [2.75, 3.05) is 0 Å². The van der Waals surface area contributed by atoms with Crippen LogP contribution in [0.2, 0.25) is 0 Å². The van der Waals surface area contributed by atoms with E-state index in [1.54, 1.807) is 0 Å². The van der Waals surface area contributed by atoms with Crippen LogP contribution in [0.25, 0.3) is 0 Å². The molecule has 2 saturated heterocycles. The topological polar surface area (TPSA) is 35.5 Å². The van der Waals surface area contributed by atoms with Gasteiger partial charge in [-0.15, -0.1) is 0 Å².